The van der Waals surface area contributed by atoms with Crippen LogP contribution in [0.5, 0.6) is 5.75 Å². The van der Waals surface area contributed by atoms with Crippen molar-refractivity contribution >= 4 is 32.6 Å². The summed E-state index contributed by atoms with van der Waals surface area (Å²) in [6, 6.07) is 13.7. The first kappa shape index (κ1) is 21.1. The molecule has 3 aromatic rings. The molecular formula is C22H22N2O6S. The zero-order valence-corrected chi connectivity index (χ0v) is 18.0. The summed E-state index contributed by atoms with van der Waals surface area (Å²) in [5.74, 6) is 0.335. The molecule has 0 radical (unpaired) electrons. The first-order chi connectivity index (χ1) is 14.8. The van der Waals surface area contributed by atoms with Gasteiger partial charge in [0.25, 0.3) is 5.91 Å². The number of carbonyl (C=O) groups is 2. The predicted molar refractivity (Wildman–Crippen MR) is 115 cm³/mol. The van der Waals surface area contributed by atoms with Gasteiger partial charge >= 0.3 is 0 Å². The van der Waals surface area contributed by atoms with E-state index < -0.39 is 10.0 Å². The van der Waals surface area contributed by atoms with Gasteiger partial charge in [0.1, 0.15) is 5.75 Å². The van der Waals surface area contributed by atoms with Crippen molar-refractivity contribution in [3.05, 3.63) is 65.4 Å². The molecule has 9 heteroatoms. The Morgan fingerprint density at radius 1 is 1.16 bits per heavy atom. The fourth-order valence-corrected chi connectivity index (χ4v) is 4.68. The SMILES string of the molecule is CC(=O)c1ccc2c(c1)cc(COCCN1COc3ccccc3C1=O)n2S(C)(=O)=O. The molecule has 0 aliphatic carbocycles. The zero-order valence-electron chi connectivity index (χ0n) is 17.2. The van der Waals surface area contributed by atoms with Gasteiger partial charge in [-0.1, -0.05) is 12.1 Å². The molecule has 1 aliphatic rings. The fourth-order valence-electron chi connectivity index (χ4n) is 3.62. The van der Waals surface area contributed by atoms with Crippen molar-refractivity contribution < 1.29 is 27.5 Å². The zero-order chi connectivity index (χ0) is 22.2. The molecule has 0 bridgehead atoms. The summed E-state index contributed by atoms with van der Waals surface area (Å²) in [4.78, 5) is 25.7. The topological polar surface area (TPSA) is 94.9 Å². The van der Waals surface area contributed by atoms with Crippen LogP contribution < -0.4 is 4.74 Å². The highest BCUT2D eigenvalue weighted by Gasteiger charge is 2.25. The van der Waals surface area contributed by atoms with E-state index in [9.17, 15) is 18.0 Å². The van der Waals surface area contributed by atoms with Gasteiger partial charge < -0.3 is 14.4 Å². The summed E-state index contributed by atoms with van der Waals surface area (Å²) in [6.07, 6.45) is 1.12. The van der Waals surface area contributed by atoms with E-state index in [1.54, 1.807) is 42.5 Å². The van der Waals surface area contributed by atoms with Crippen molar-refractivity contribution in [2.24, 2.45) is 0 Å². The number of benzene rings is 2. The number of carbonyl (C=O) groups excluding carboxylic acids is 2. The Kier molecular flexibility index (Phi) is 5.55. The average Bonchev–Trinajstić information content (AvgIpc) is 3.10. The third kappa shape index (κ3) is 4.19. The molecule has 1 aromatic heterocycles. The Morgan fingerprint density at radius 2 is 1.94 bits per heavy atom. The molecule has 1 amide bonds. The van der Waals surface area contributed by atoms with E-state index in [1.165, 1.54) is 15.8 Å². The van der Waals surface area contributed by atoms with Crippen LogP contribution in [0.15, 0.2) is 48.5 Å². The molecule has 2 heterocycles. The van der Waals surface area contributed by atoms with Crippen LogP contribution in [0, 0.1) is 0 Å². The molecule has 0 atom stereocenters. The van der Waals surface area contributed by atoms with E-state index in [-0.39, 0.29) is 31.6 Å². The summed E-state index contributed by atoms with van der Waals surface area (Å²) in [6.45, 7) is 2.15. The number of Topliss-reactive ketones (excluding diaryl/α,β-unsaturated/α-hetero) is 1. The minimum atomic E-state index is -3.58. The molecule has 2 aromatic carbocycles. The van der Waals surface area contributed by atoms with E-state index in [1.807, 2.05) is 6.07 Å². The first-order valence-electron chi connectivity index (χ1n) is 9.70. The minimum Gasteiger partial charge on any atom is -0.472 e. The highest BCUT2D eigenvalue weighted by atomic mass is 32.2. The lowest BCUT2D eigenvalue weighted by molar-refractivity contribution is 0.0354. The number of hydrogen-bond acceptors (Lipinski definition) is 6. The van der Waals surface area contributed by atoms with Crippen molar-refractivity contribution in [1.82, 2.24) is 8.87 Å². The number of ether oxygens (including phenoxy) is 2. The molecule has 0 saturated heterocycles. The number of para-hydroxylation sites is 1. The summed E-state index contributed by atoms with van der Waals surface area (Å²) in [7, 11) is -3.58. The van der Waals surface area contributed by atoms with Gasteiger partial charge in [-0.25, -0.2) is 12.4 Å². The maximum absolute atomic E-state index is 12.6. The molecule has 8 nitrogen and oxygen atoms in total. The summed E-state index contributed by atoms with van der Waals surface area (Å²) < 4.78 is 37.2. The van der Waals surface area contributed by atoms with E-state index >= 15 is 0 Å². The van der Waals surface area contributed by atoms with E-state index in [0.717, 1.165) is 6.26 Å². The maximum Gasteiger partial charge on any atom is 0.260 e. The van der Waals surface area contributed by atoms with Crippen LogP contribution in [0.1, 0.15) is 33.3 Å². The summed E-state index contributed by atoms with van der Waals surface area (Å²) in [5, 5.41) is 0.646. The molecule has 0 spiro atoms. The van der Waals surface area contributed by atoms with Crippen LogP contribution in [-0.2, 0) is 21.4 Å². The van der Waals surface area contributed by atoms with Crippen molar-refractivity contribution in [1.29, 1.82) is 0 Å². The predicted octanol–water partition coefficient (Wildman–Crippen LogP) is 2.66. The highest BCUT2D eigenvalue weighted by Crippen LogP contribution is 2.25. The monoisotopic (exact) mass is 442 g/mol. The Bertz CT molecular complexity index is 1280. The van der Waals surface area contributed by atoms with Gasteiger partial charge in [-0.2, -0.15) is 0 Å². The lowest BCUT2D eigenvalue weighted by atomic mass is 10.1. The number of ketones is 1. The standard InChI is InChI=1S/C22H22N2O6S/c1-15(25)16-7-8-20-17(11-16)12-18(24(20)31(2,27)28)13-29-10-9-23-14-30-21-6-4-3-5-19(21)22(23)26/h3-8,11-12H,9-10,13-14H2,1-2H3. The molecule has 0 unspecified atom stereocenters. The Morgan fingerprint density at radius 3 is 2.68 bits per heavy atom. The lowest BCUT2D eigenvalue weighted by Gasteiger charge is -2.28. The lowest BCUT2D eigenvalue weighted by Crippen LogP contribution is -2.40. The number of fused-ring (bicyclic) bond motifs is 2. The smallest absolute Gasteiger partial charge is 0.260 e. The largest absolute Gasteiger partial charge is 0.472 e. The molecule has 4 rings (SSSR count). The third-order valence-corrected chi connectivity index (χ3v) is 6.20. The fraction of sp³-hybridized carbons (Fsp3) is 0.273. The number of amides is 1. The number of rotatable bonds is 7. The van der Waals surface area contributed by atoms with E-state index in [4.69, 9.17) is 9.47 Å². The summed E-state index contributed by atoms with van der Waals surface area (Å²) >= 11 is 0. The molecule has 1 aliphatic heterocycles. The van der Waals surface area contributed by atoms with Gasteiger partial charge in [0.05, 0.1) is 36.2 Å². The van der Waals surface area contributed by atoms with Gasteiger partial charge in [0.15, 0.2) is 12.5 Å². The van der Waals surface area contributed by atoms with Gasteiger partial charge in [-0.3, -0.25) is 9.59 Å². The molecule has 0 saturated carbocycles. The molecular weight excluding hydrogens is 420 g/mol. The second-order valence-corrected chi connectivity index (χ2v) is 9.21. The van der Waals surface area contributed by atoms with Crippen molar-refractivity contribution in [2.45, 2.75) is 13.5 Å². The Hall–Kier alpha value is -3.17. The van der Waals surface area contributed by atoms with Crippen LogP contribution in [0.2, 0.25) is 0 Å². The second kappa shape index (κ2) is 8.16. The van der Waals surface area contributed by atoms with Crippen LogP contribution in [0.25, 0.3) is 10.9 Å². The first-order valence-corrected chi connectivity index (χ1v) is 11.6. The molecule has 31 heavy (non-hydrogen) atoms. The maximum atomic E-state index is 12.6. The highest BCUT2D eigenvalue weighted by molar-refractivity contribution is 7.89. The molecule has 0 fully saturated rings. The normalized spacial score (nSPS) is 13.9. The average molecular weight is 442 g/mol. The summed E-state index contributed by atoms with van der Waals surface area (Å²) in [5.41, 5.74) is 1.95. The van der Waals surface area contributed by atoms with Crippen LogP contribution >= 0.6 is 0 Å². The van der Waals surface area contributed by atoms with Crippen molar-refractivity contribution in [2.75, 3.05) is 26.1 Å². The van der Waals surface area contributed by atoms with Gasteiger partial charge in [-0.05, 0) is 43.3 Å². The number of hydrogen-bond donors (Lipinski definition) is 0. The Balaban J connectivity index is 1.47. The second-order valence-electron chi connectivity index (χ2n) is 7.38. The molecule has 162 valence electrons. The van der Waals surface area contributed by atoms with Gasteiger partial charge in [0, 0.05) is 17.5 Å². The Labute approximate surface area is 180 Å². The van der Waals surface area contributed by atoms with Gasteiger partial charge in [-0.15, -0.1) is 0 Å². The number of aromatic nitrogens is 1. The minimum absolute atomic E-state index is 0.0383. The van der Waals surface area contributed by atoms with Crippen LogP contribution in [0.3, 0.4) is 0 Å². The third-order valence-electron chi connectivity index (χ3n) is 5.10. The van der Waals surface area contributed by atoms with Gasteiger partial charge in [0.2, 0.25) is 10.0 Å². The quantitative estimate of drug-likeness (QED) is 0.412. The number of nitrogens with zero attached hydrogens (tertiary/aromatic N) is 2. The van der Waals surface area contributed by atoms with Crippen molar-refractivity contribution in [3.63, 3.8) is 0 Å². The van der Waals surface area contributed by atoms with E-state index in [0.29, 0.717) is 40.0 Å². The van der Waals surface area contributed by atoms with E-state index in [2.05, 4.69) is 0 Å². The van der Waals surface area contributed by atoms with Crippen LogP contribution in [-0.4, -0.2) is 55.1 Å². The van der Waals surface area contributed by atoms with Crippen LogP contribution in [0.4, 0.5) is 0 Å². The molecule has 0 N–H and O–H groups in total. The van der Waals surface area contributed by atoms with Crippen molar-refractivity contribution in [3.8, 4) is 5.75 Å².